The maximum Gasteiger partial charge on any atom is 0.344 e. The lowest BCUT2D eigenvalue weighted by atomic mass is 9.77. The summed E-state index contributed by atoms with van der Waals surface area (Å²) in [6.07, 6.45) is 2.35. The second-order valence-corrected chi connectivity index (χ2v) is 9.24. The number of hydrazine groups is 1. The number of amides is 4. The van der Waals surface area contributed by atoms with Gasteiger partial charge in [0.15, 0.2) is 0 Å². The highest BCUT2D eigenvalue weighted by Crippen LogP contribution is 2.35. The minimum Gasteiger partial charge on any atom is -0.322 e. The van der Waals surface area contributed by atoms with E-state index in [9.17, 15) is 27.2 Å². The second kappa shape index (κ2) is 8.07. The molecule has 2 fully saturated rings. The van der Waals surface area contributed by atoms with Crippen molar-refractivity contribution in [2.45, 2.75) is 49.5 Å². The van der Waals surface area contributed by atoms with E-state index in [0.717, 1.165) is 37.1 Å². The van der Waals surface area contributed by atoms with Gasteiger partial charge in [0, 0.05) is 13.0 Å². The van der Waals surface area contributed by atoms with E-state index in [-0.39, 0.29) is 17.9 Å². The predicted octanol–water partition coefficient (Wildman–Crippen LogP) is 1.03. The molecule has 1 saturated heterocycles. The number of hydrogen-bond acceptors (Lipinski definition) is 5. The molecular weight excluding hydrogens is 403 g/mol. The molecule has 4 amide bonds. The molecule has 1 spiro atoms. The first-order chi connectivity index (χ1) is 13.6. The average molecular weight is 426 g/mol. The first-order valence-electron chi connectivity index (χ1n) is 9.34. The van der Waals surface area contributed by atoms with Crippen molar-refractivity contribution in [2.24, 2.45) is 5.92 Å². The number of halogens is 1. The van der Waals surface area contributed by atoms with E-state index in [1.165, 1.54) is 0 Å². The van der Waals surface area contributed by atoms with E-state index < -0.39 is 39.2 Å². The van der Waals surface area contributed by atoms with Crippen molar-refractivity contribution >= 4 is 27.9 Å². The van der Waals surface area contributed by atoms with Gasteiger partial charge in [-0.3, -0.25) is 15.0 Å². The fourth-order valence-corrected chi connectivity index (χ4v) is 4.52. The number of rotatable bonds is 6. The van der Waals surface area contributed by atoms with Crippen LogP contribution in [-0.4, -0.2) is 43.4 Å². The van der Waals surface area contributed by atoms with Crippen molar-refractivity contribution in [1.29, 1.82) is 0 Å². The molecule has 1 aromatic rings. The van der Waals surface area contributed by atoms with Gasteiger partial charge in [0.1, 0.15) is 11.4 Å². The molecule has 3 N–H and O–H groups in total. The van der Waals surface area contributed by atoms with Gasteiger partial charge in [-0.15, -0.1) is 0 Å². The van der Waals surface area contributed by atoms with Crippen LogP contribution in [0.3, 0.4) is 0 Å². The standard InChI is InChI=1S/C18H23FN4O5S/c1-12-6-9-18(10-7-12)16(25)23(17(26)21-18)22-15(24)8-11-20-29(27,28)14-4-2-13(19)3-5-14/h2-5,12,20H,6-11H2,1H3,(H,21,26)(H,22,24). The highest BCUT2D eigenvalue weighted by molar-refractivity contribution is 7.89. The third-order valence-electron chi connectivity index (χ3n) is 5.29. The van der Waals surface area contributed by atoms with E-state index in [0.29, 0.717) is 23.8 Å². The highest BCUT2D eigenvalue weighted by atomic mass is 32.2. The van der Waals surface area contributed by atoms with Crippen molar-refractivity contribution in [3.05, 3.63) is 30.1 Å². The number of carbonyl (C=O) groups excluding carboxylic acids is 3. The third-order valence-corrected chi connectivity index (χ3v) is 6.77. The zero-order valence-corrected chi connectivity index (χ0v) is 16.7. The van der Waals surface area contributed by atoms with Crippen molar-refractivity contribution in [3.63, 3.8) is 0 Å². The molecule has 1 aliphatic heterocycles. The number of urea groups is 1. The van der Waals surface area contributed by atoms with Gasteiger partial charge in [-0.2, -0.15) is 5.01 Å². The van der Waals surface area contributed by atoms with Crippen LogP contribution in [0.4, 0.5) is 9.18 Å². The van der Waals surface area contributed by atoms with Crippen LogP contribution in [-0.2, 0) is 19.6 Å². The smallest absolute Gasteiger partial charge is 0.322 e. The maximum absolute atomic E-state index is 12.9. The lowest BCUT2D eigenvalue weighted by molar-refractivity contribution is -0.140. The second-order valence-electron chi connectivity index (χ2n) is 7.47. The summed E-state index contributed by atoms with van der Waals surface area (Å²) in [7, 11) is -3.91. The van der Waals surface area contributed by atoms with Crippen LogP contribution in [0, 0.1) is 11.7 Å². The molecule has 0 aromatic heterocycles. The number of nitrogens with one attached hydrogen (secondary N) is 3. The lowest BCUT2D eigenvalue weighted by Crippen LogP contribution is -2.51. The summed E-state index contributed by atoms with van der Waals surface area (Å²) in [5.74, 6) is -1.27. The monoisotopic (exact) mass is 426 g/mol. The molecule has 158 valence electrons. The Bertz CT molecular complexity index is 911. The molecular formula is C18H23FN4O5S. The summed E-state index contributed by atoms with van der Waals surface area (Å²) in [6, 6.07) is 3.55. The Morgan fingerprint density at radius 3 is 2.48 bits per heavy atom. The summed E-state index contributed by atoms with van der Waals surface area (Å²) < 4.78 is 39.3. The van der Waals surface area contributed by atoms with Gasteiger partial charge >= 0.3 is 6.03 Å². The summed E-state index contributed by atoms with van der Waals surface area (Å²) in [5.41, 5.74) is 1.27. The Balaban J connectivity index is 1.52. The number of hydrogen-bond donors (Lipinski definition) is 3. The zero-order chi connectivity index (χ0) is 21.2. The van der Waals surface area contributed by atoms with Crippen LogP contribution >= 0.6 is 0 Å². The first kappa shape index (κ1) is 21.2. The molecule has 1 heterocycles. The van der Waals surface area contributed by atoms with E-state index in [1.807, 2.05) is 0 Å². The summed E-state index contributed by atoms with van der Waals surface area (Å²) in [4.78, 5) is 36.8. The van der Waals surface area contributed by atoms with Crippen molar-refractivity contribution in [2.75, 3.05) is 6.54 Å². The Kier molecular flexibility index (Phi) is 5.90. The SMILES string of the molecule is CC1CCC2(CC1)NC(=O)N(NC(=O)CCNS(=O)(=O)c1ccc(F)cc1)C2=O. The van der Waals surface area contributed by atoms with Crippen LogP contribution in [0.2, 0.25) is 0 Å². The Morgan fingerprint density at radius 2 is 1.86 bits per heavy atom. The average Bonchev–Trinajstić information content (AvgIpc) is 2.89. The van der Waals surface area contributed by atoms with Crippen molar-refractivity contribution in [1.82, 2.24) is 20.5 Å². The van der Waals surface area contributed by atoms with Crippen LogP contribution in [0.15, 0.2) is 29.2 Å². The van der Waals surface area contributed by atoms with Gasteiger partial charge in [0.25, 0.3) is 5.91 Å². The van der Waals surface area contributed by atoms with Crippen molar-refractivity contribution < 1.29 is 27.2 Å². The molecule has 1 aliphatic carbocycles. The van der Waals surface area contributed by atoms with E-state index >= 15 is 0 Å². The molecule has 3 rings (SSSR count). The number of benzene rings is 1. The number of sulfonamides is 1. The minimum absolute atomic E-state index is 0.137. The van der Waals surface area contributed by atoms with Crippen LogP contribution < -0.4 is 15.5 Å². The molecule has 2 aliphatic rings. The summed E-state index contributed by atoms with van der Waals surface area (Å²) in [5, 5.41) is 3.36. The first-order valence-corrected chi connectivity index (χ1v) is 10.8. The summed E-state index contributed by atoms with van der Waals surface area (Å²) in [6.45, 7) is 1.83. The minimum atomic E-state index is -3.91. The number of imide groups is 1. The fourth-order valence-electron chi connectivity index (χ4n) is 3.49. The van der Waals surface area contributed by atoms with Gasteiger partial charge in [-0.05, 0) is 55.9 Å². The molecule has 0 unspecified atom stereocenters. The normalized spacial score (nSPS) is 24.6. The van der Waals surface area contributed by atoms with Gasteiger partial charge in [-0.1, -0.05) is 6.92 Å². The molecule has 0 radical (unpaired) electrons. The Labute approximate surface area is 168 Å². The number of nitrogens with zero attached hydrogens (tertiary/aromatic N) is 1. The van der Waals surface area contributed by atoms with Gasteiger partial charge < -0.3 is 5.32 Å². The van der Waals surface area contributed by atoms with Crippen LogP contribution in [0.5, 0.6) is 0 Å². The van der Waals surface area contributed by atoms with Crippen molar-refractivity contribution in [3.8, 4) is 0 Å². The highest BCUT2D eigenvalue weighted by Gasteiger charge is 2.52. The van der Waals surface area contributed by atoms with Gasteiger partial charge in [0.05, 0.1) is 4.90 Å². The third kappa shape index (κ3) is 4.56. The van der Waals surface area contributed by atoms with Crippen LogP contribution in [0.25, 0.3) is 0 Å². The largest absolute Gasteiger partial charge is 0.344 e. The molecule has 29 heavy (non-hydrogen) atoms. The van der Waals surface area contributed by atoms with Crippen LogP contribution in [0.1, 0.15) is 39.0 Å². The zero-order valence-electron chi connectivity index (χ0n) is 15.9. The molecule has 9 nitrogen and oxygen atoms in total. The van der Waals surface area contributed by atoms with Gasteiger partial charge in [-0.25, -0.2) is 22.3 Å². The Hall–Kier alpha value is -2.53. The lowest BCUT2D eigenvalue weighted by Gasteiger charge is -2.33. The molecule has 11 heteroatoms. The van der Waals surface area contributed by atoms with E-state index in [2.05, 4.69) is 22.4 Å². The molecule has 1 aromatic carbocycles. The Morgan fingerprint density at radius 1 is 1.24 bits per heavy atom. The maximum atomic E-state index is 12.9. The molecule has 0 bridgehead atoms. The number of carbonyl (C=O) groups is 3. The van der Waals surface area contributed by atoms with Gasteiger partial charge in [0.2, 0.25) is 15.9 Å². The van der Waals surface area contributed by atoms with E-state index in [4.69, 9.17) is 0 Å². The molecule has 1 saturated carbocycles. The topological polar surface area (TPSA) is 125 Å². The van der Waals surface area contributed by atoms with E-state index in [1.54, 1.807) is 0 Å². The summed E-state index contributed by atoms with van der Waals surface area (Å²) >= 11 is 0. The fraction of sp³-hybridized carbons (Fsp3) is 0.500. The quantitative estimate of drug-likeness (QED) is 0.586. The molecule has 0 atom stereocenters. The predicted molar refractivity (Wildman–Crippen MR) is 100 cm³/mol.